The average molecular weight is 321 g/mol. The van der Waals surface area contributed by atoms with Gasteiger partial charge in [0.25, 0.3) is 0 Å². The normalized spacial score (nSPS) is 22.4. The molecule has 2 atom stereocenters. The number of ether oxygens (including phenoxy) is 1. The van der Waals surface area contributed by atoms with Crippen molar-refractivity contribution in [1.29, 1.82) is 0 Å². The number of furan rings is 1. The molecular weight excluding hydrogens is 292 g/mol. The summed E-state index contributed by atoms with van der Waals surface area (Å²) < 4.78 is 11.5. The van der Waals surface area contributed by atoms with Gasteiger partial charge in [0.05, 0.1) is 17.8 Å². The lowest BCUT2D eigenvalue weighted by atomic mass is 10.0. The molecule has 0 radical (unpaired) electrons. The topological polar surface area (TPSA) is 42.6 Å². The molecule has 122 valence electrons. The number of hydrogen-bond donors (Lipinski definition) is 1. The first-order valence-electron chi connectivity index (χ1n) is 8.02. The molecule has 0 aromatic carbocycles. The van der Waals surface area contributed by atoms with Gasteiger partial charge in [-0.15, -0.1) is 0 Å². The summed E-state index contributed by atoms with van der Waals surface area (Å²) in [5.41, 5.74) is 3.33. The maximum Gasteiger partial charge on any atom is 0.177 e. The maximum atomic E-state index is 10.2. The summed E-state index contributed by atoms with van der Waals surface area (Å²) in [5, 5.41) is 11.3. The molecule has 0 saturated heterocycles. The van der Waals surface area contributed by atoms with Crippen LogP contribution in [0.4, 0.5) is 0 Å². The van der Waals surface area contributed by atoms with Crippen LogP contribution >= 0.6 is 0 Å². The molecular formula is C18H28O3Si. The average Bonchev–Trinajstić information content (AvgIpc) is 2.89. The molecule has 22 heavy (non-hydrogen) atoms. The van der Waals surface area contributed by atoms with Crippen LogP contribution in [0.3, 0.4) is 0 Å². The molecule has 0 bridgehead atoms. The number of hydrogen-bond acceptors (Lipinski definition) is 3. The van der Waals surface area contributed by atoms with Crippen LogP contribution in [0.5, 0.6) is 0 Å². The van der Waals surface area contributed by atoms with Crippen LogP contribution in [0.25, 0.3) is 0 Å². The van der Waals surface area contributed by atoms with Crippen molar-refractivity contribution in [3.05, 3.63) is 41.2 Å². The van der Waals surface area contributed by atoms with Crippen molar-refractivity contribution in [3.8, 4) is 0 Å². The van der Waals surface area contributed by atoms with Crippen LogP contribution in [0.15, 0.2) is 40.0 Å². The van der Waals surface area contributed by atoms with E-state index in [9.17, 15) is 5.11 Å². The highest BCUT2D eigenvalue weighted by Gasteiger charge is 2.27. The Morgan fingerprint density at radius 3 is 2.64 bits per heavy atom. The molecule has 0 spiro atoms. The maximum absolute atomic E-state index is 10.2. The van der Waals surface area contributed by atoms with Gasteiger partial charge in [-0.3, -0.25) is 0 Å². The first kappa shape index (κ1) is 17.3. The van der Waals surface area contributed by atoms with Gasteiger partial charge in [0.15, 0.2) is 6.29 Å². The predicted molar refractivity (Wildman–Crippen MR) is 92.9 cm³/mol. The van der Waals surface area contributed by atoms with Gasteiger partial charge in [-0.05, 0) is 44.7 Å². The Morgan fingerprint density at radius 2 is 2.09 bits per heavy atom. The third kappa shape index (κ3) is 4.45. The van der Waals surface area contributed by atoms with Crippen LogP contribution in [0, 0.1) is 0 Å². The van der Waals surface area contributed by atoms with E-state index < -0.39 is 14.4 Å². The first-order chi connectivity index (χ1) is 10.3. The molecule has 4 heteroatoms. The van der Waals surface area contributed by atoms with E-state index in [0.29, 0.717) is 0 Å². The second-order valence-electron chi connectivity index (χ2n) is 7.31. The van der Waals surface area contributed by atoms with Gasteiger partial charge in [-0.1, -0.05) is 37.4 Å². The zero-order valence-corrected chi connectivity index (χ0v) is 15.3. The van der Waals surface area contributed by atoms with E-state index in [2.05, 4.69) is 51.7 Å². The minimum atomic E-state index is -1.44. The SMILES string of the molecule is CC(C)=CCCC1=CCC(c2coc([Si](C)(C)C)c2)OC1O. The van der Waals surface area contributed by atoms with E-state index in [-0.39, 0.29) is 6.10 Å². The van der Waals surface area contributed by atoms with Crippen LogP contribution < -0.4 is 5.38 Å². The third-order valence-electron chi connectivity index (χ3n) is 3.92. The lowest BCUT2D eigenvalue weighted by Gasteiger charge is -2.26. The summed E-state index contributed by atoms with van der Waals surface area (Å²) in [6, 6.07) is 2.10. The van der Waals surface area contributed by atoms with Crippen molar-refractivity contribution in [3.63, 3.8) is 0 Å². The van der Waals surface area contributed by atoms with Crippen molar-refractivity contribution in [2.75, 3.05) is 0 Å². The molecule has 0 aliphatic carbocycles. The van der Waals surface area contributed by atoms with E-state index in [4.69, 9.17) is 9.15 Å². The minimum Gasteiger partial charge on any atom is -0.474 e. The van der Waals surface area contributed by atoms with Crippen molar-refractivity contribution in [2.24, 2.45) is 0 Å². The van der Waals surface area contributed by atoms with Gasteiger partial charge in [0.1, 0.15) is 8.07 Å². The smallest absolute Gasteiger partial charge is 0.177 e. The molecule has 0 saturated carbocycles. The minimum absolute atomic E-state index is 0.101. The molecule has 1 aliphatic heterocycles. The fourth-order valence-corrected chi connectivity index (χ4v) is 3.55. The Kier molecular flexibility index (Phi) is 5.48. The Hall–Kier alpha value is -1.10. The second kappa shape index (κ2) is 6.98. The largest absolute Gasteiger partial charge is 0.474 e. The number of allylic oxidation sites excluding steroid dienone is 2. The Morgan fingerprint density at radius 1 is 1.36 bits per heavy atom. The van der Waals surface area contributed by atoms with Crippen LogP contribution in [0.1, 0.15) is 44.8 Å². The molecule has 1 aromatic heterocycles. The highest BCUT2D eigenvalue weighted by molar-refractivity contribution is 6.87. The Bertz CT molecular complexity index is 559. The van der Waals surface area contributed by atoms with Crippen molar-refractivity contribution >= 4 is 13.5 Å². The summed E-state index contributed by atoms with van der Waals surface area (Å²) in [7, 11) is -1.44. The molecule has 2 heterocycles. The number of rotatable bonds is 5. The zero-order chi connectivity index (χ0) is 16.3. The predicted octanol–water partition coefficient (Wildman–Crippen LogP) is 4.28. The molecule has 0 fully saturated rings. The fraction of sp³-hybridized carbons (Fsp3) is 0.556. The van der Waals surface area contributed by atoms with Gasteiger partial charge in [-0.25, -0.2) is 0 Å². The van der Waals surface area contributed by atoms with Crippen molar-refractivity contribution in [1.82, 2.24) is 0 Å². The van der Waals surface area contributed by atoms with Gasteiger partial charge < -0.3 is 14.3 Å². The third-order valence-corrected chi connectivity index (χ3v) is 5.66. The van der Waals surface area contributed by atoms with Crippen LogP contribution in [0.2, 0.25) is 19.6 Å². The first-order valence-corrected chi connectivity index (χ1v) is 11.5. The highest BCUT2D eigenvalue weighted by atomic mass is 28.3. The molecule has 3 nitrogen and oxygen atoms in total. The summed E-state index contributed by atoms with van der Waals surface area (Å²) in [6.07, 6.45) is 7.80. The molecule has 1 aliphatic rings. The Labute approximate surface area is 134 Å². The lowest BCUT2D eigenvalue weighted by molar-refractivity contribution is -0.122. The summed E-state index contributed by atoms with van der Waals surface area (Å²) in [6.45, 7) is 11.0. The summed E-state index contributed by atoms with van der Waals surface area (Å²) >= 11 is 0. The zero-order valence-electron chi connectivity index (χ0n) is 14.3. The fourth-order valence-electron chi connectivity index (χ4n) is 2.54. The quantitative estimate of drug-likeness (QED) is 0.650. The second-order valence-corrected chi connectivity index (χ2v) is 12.3. The highest BCUT2D eigenvalue weighted by Crippen LogP contribution is 2.31. The van der Waals surface area contributed by atoms with Crippen LogP contribution in [-0.4, -0.2) is 19.5 Å². The van der Waals surface area contributed by atoms with E-state index in [0.717, 1.165) is 35.8 Å². The molecule has 2 unspecified atom stereocenters. The van der Waals surface area contributed by atoms with E-state index in [1.807, 2.05) is 0 Å². The lowest BCUT2D eigenvalue weighted by Crippen LogP contribution is -2.36. The Balaban J connectivity index is 2.01. The summed E-state index contributed by atoms with van der Waals surface area (Å²) in [5.74, 6) is 0. The molecule has 0 amide bonds. The number of aliphatic hydroxyl groups is 1. The van der Waals surface area contributed by atoms with Crippen molar-refractivity contribution < 1.29 is 14.3 Å². The monoisotopic (exact) mass is 320 g/mol. The molecule has 1 N–H and O–H groups in total. The number of aliphatic hydroxyl groups excluding tert-OH is 1. The standard InChI is InChI=1S/C18H28O3Si/c1-13(2)7-6-8-14-9-10-16(21-18(14)19)15-11-17(20-12-15)22(3,4)5/h7,9,11-12,16,18-19H,6,8,10H2,1-5H3. The van der Waals surface area contributed by atoms with Gasteiger partial charge in [-0.2, -0.15) is 0 Å². The van der Waals surface area contributed by atoms with Gasteiger partial charge >= 0.3 is 0 Å². The molecule has 1 aromatic rings. The molecule has 2 rings (SSSR count). The van der Waals surface area contributed by atoms with Gasteiger partial charge in [0.2, 0.25) is 0 Å². The van der Waals surface area contributed by atoms with E-state index >= 15 is 0 Å². The van der Waals surface area contributed by atoms with E-state index in [1.165, 1.54) is 5.57 Å². The van der Waals surface area contributed by atoms with Crippen LogP contribution in [-0.2, 0) is 4.74 Å². The van der Waals surface area contributed by atoms with Gasteiger partial charge in [0, 0.05) is 5.56 Å². The summed E-state index contributed by atoms with van der Waals surface area (Å²) in [4.78, 5) is 0. The van der Waals surface area contributed by atoms with E-state index in [1.54, 1.807) is 6.26 Å². The van der Waals surface area contributed by atoms with Crippen molar-refractivity contribution in [2.45, 2.75) is 65.1 Å².